The van der Waals surface area contributed by atoms with Gasteiger partial charge in [-0.15, -0.1) is 6.42 Å². The lowest BCUT2D eigenvalue weighted by molar-refractivity contribution is 0.676. The van der Waals surface area contributed by atoms with E-state index in [0.717, 1.165) is 28.8 Å². The predicted octanol–water partition coefficient (Wildman–Crippen LogP) is 2.56. The van der Waals surface area contributed by atoms with E-state index < -0.39 is 0 Å². The molecule has 0 bridgehead atoms. The lowest BCUT2D eigenvalue weighted by Gasteiger charge is -2.19. The Morgan fingerprint density at radius 2 is 2.20 bits per heavy atom. The van der Waals surface area contributed by atoms with Crippen LogP contribution in [-0.4, -0.2) is 24.6 Å². The normalized spacial score (nSPS) is 14.2. The number of terminal acetylenes is 1. The Balaban J connectivity index is 1.97. The molecule has 1 aliphatic rings. The summed E-state index contributed by atoms with van der Waals surface area (Å²) < 4.78 is 0. The number of nitrogens with one attached hydrogen (secondary N) is 1. The maximum absolute atomic E-state index is 5.44. The van der Waals surface area contributed by atoms with E-state index in [0.29, 0.717) is 12.6 Å². The minimum Gasteiger partial charge on any atom is -0.363 e. The van der Waals surface area contributed by atoms with Crippen LogP contribution in [0.25, 0.3) is 10.9 Å². The molecular formula is C17H19N3. The molecule has 1 fully saturated rings. The van der Waals surface area contributed by atoms with Crippen LogP contribution < -0.4 is 10.2 Å². The van der Waals surface area contributed by atoms with Gasteiger partial charge in [0.25, 0.3) is 0 Å². The first kappa shape index (κ1) is 13.0. The number of hydrogen-bond donors (Lipinski definition) is 1. The summed E-state index contributed by atoms with van der Waals surface area (Å²) in [6, 6.07) is 11.1. The second-order valence-corrected chi connectivity index (χ2v) is 5.37. The van der Waals surface area contributed by atoms with Gasteiger partial charge in [-0.2, -0.15) is 0 Å². The molecule has 1 aliphatic carbocycles. The molecule has 1 aromatic heterocycles. The van der Waals surface area contributed by atoms with Crippen molar-refractivity contribution in [1.82, 2.24) is 10.3 Å². The lowest BCUT2D eigenvalue weighted by atomic mass is 10.1. The van der Waals surface area contributed by atoms with Crippen LogP contribution in [-0.2, 0) is 6.54 Å². The summed E-state index contributed by atoms with van der Waals surface area (Å²) in [5.74, 6) is 2.70. The fourth-order valence-corrected chi connectivity index (χ4v) is 2.38. The first-order valence-electron chi connectivity index (χ1n) is 7.04. The first-order chi connectivity index (χ1) is 9.78. The number of hydrogen-bond acceptors (Lipinski definition) is 3. The standard InChI is InChI=1S/C17H19N3/c1-3-10-20(2)17-11-14(12-18-13-8-9-13)19-16-7-5-4-6-15(16)17/h1,4-7,11,13,18H,8-10,12H2,2H3. The molecular weight excluding hydrogens is 246 g/mol. The second kappa shape index (κ2) is 5.52. The summed E-state index contributed by atoms with van der Waals surface area (Å²) in [4.78, 5) is 6.84. The Bertz CT molecular complexity index is 653. The second-order valence-electron chi connectivity index (χ2n) is 5.37. The van der Waals surface area contributed by atoms with Gasteiger partial charge in [-0.1, -0.05) is 24.1 Å². The quantitative estimate of drug-likeness (QED) is 0.842. The smallest absolute Gasteiger partial charge is 0.0788 e. The third-order valence-electron chi connectivity index (χ3n) is 3.64. The number of pyridine rings is 1. The molecule has 0 saturated heterocycles. The molecule has 2 aromatic rings. The first-order valence-corrected chi connectivity index (χ1v) is 7.04. The highest BCUT2D eigenvalue weighted by Gasteiger charge is 2.20. The fraction of sp³-hybridized carbons (Fsp3) is 0.353. The Morgan fingerprint density at radius 1 is 1.40 bits per heavy atom. The van der Waals surface area contributed by atoms with Gasteiger partial charge in [0.2, 0.25) is 0 Å². The number of nitrogens with zero attached hydrogens (tertiary/aromatic N) is 2. The zero-order valence-corrected chi connectivity index (χ0v) is 11.8. The van der Waals surface area contributed by atoms with Crippen LogP contribution >= 0.6 is 0 Å². The molecule has 1 saturated carbocycles. The molecule has 0 aliphatic heterocycles. The van der Waals surface area contributed by atoms with Crippen LogP contribution in [0.3, 0.4) is 0 Å². The van der Waals surface area contributed by atoms with Gasteiger partial charge in [-0.3, -0.25) is 4.98 Å². The Hall–Kier alpha value is -2.05. The molecule has 0 atom stereocenters. The van der Waals surface area contributed by atoms with E-state index in [1.165, 1.54) is 12.8 Å². The van der Waals surface area contributed by atoms with Gasteiger partial charge in [-0.05, 0) is 25.0 Å². The zero-order valence-electron chi connectivity index (χ0n) is 11.8. The van der Waals surface area contributed by atoms with Crippen molar-refractivity contribution < 1.29 is 0 Å². The van der Waals surface area contributed by atoms with Crippen LogP contribution in [0.4, 0.5) is 5.69 Å². The summed E-state index contributed by atoms with van der Waals surface area (Å²) in [7, 11) is 2.03. The summed E-state index contributed by atoms with van der Waals surface area (Å²) in [5.41, 5.74) is 3.26. The van der Waals surface area contributed by atoms with Gasteiger partial charge in [0, 0.05) is 30.7 Å². The molecule has 3 nitrogen and oxygen atoms in total. The molecule has 3 heteroatoms. The van der Waals surface area contributed by atoms with Crippen molar-refractivity contribution in [1.29, 1.82) is 0 Å². The Kier molecular flexibility index (Phi) is 3.58. The van der Waals surface area contributed by atoms with Crippen molar-refractivity contribution in [3.8, 4) is 12.3 Å². The summed E-state index contributed by atoms with van der Waals surface area (Å²) in [6.45, 7) is 1.43. The van der Waals surface area contributed by atoms with E-state index in [-0.39, 0.29) is 0 Å². The average Bonchev–Trinajstić information content (AvgIpc) is 3.28. The molecule has 1 N–H and O–H groups in total. The average molecular weight is 265 g/mol. The lowest BCUT2D eigenvalue weighted by Crippen LogP contribution is -2.20. The van der Waals surface area contributed by atoms with Crippen LogP contribution in [0.2, 0.25) is 0 Å². The van der Waals surface area contributed by atoms with Crippen molar-refractivity contribution in [3.63, 3.8) is 0 Å². The summed E-state index contributed by atoms with van der Waals surface area (Å²) in [5, 5.41) is 4.67. The number of anilines is 1. The van der Waals surface area contributed by atoms with E-state index in [2.05, 4.69) is 34.3 Å². The molecule has 0 unspecified atom stereocenters. The van der Waals surface area contributed by atoms with Gasteiger partial charge in [0.1, 0.15) is 0 Å². The molecule has 0 spiro atoms. The van der Waals surface area contributed by atoms with Crippen molar-refractivity contribution in [2.45, 2.75) is 25.4 Å². The molecule has 0 amide bonds. The van der Waals surface area contributed by atoms with Crippen LogP contribution in [0.15, 0.2) is 30.3 Å². The summed E-state index contributed by atoms with van der Waals surface area (Å²) in [6.07, 6.45) is 8.01. The Labute approximate surface area is 120 Å². The van der Waals surface area contributed by atoms with Crippen molar-refractivity contribution >= 4 is 16.6 Å². The van der Waals surface area contributed by atoms with Crippen molar-refractivity contribution in [2.75, 3.05) is 18.5 Å². The number of para-hydroxylation sites is 1. The molecule has 0 radical (unpaired) electrons. The highest BCUT2D eigenvalue weighted by molar-refractivity contribution is 5.91. The van der Waals surface area contributed by atoms with E-state index >= 15 is 0 Å². The largest absolute Gasteiger partial charge is 0.363 e. The molecule has 3 rings (SSSR count). The predicted molar refractivity (Wildman–Crippen MR) is 83.7 cm³/mol. The third kappa shape index (κ3) is 2.76. The van der Waals surface area contributed by atoms with E-state index in [1.807, 2.05) is 19.2 Å². The van der Waals surface area contributed by atoms with E-state index in [4.69, 9.17) is 11.4 Å². The minimum absolute atomic E-state index is 0.601. The highest BCUT2D eigenvalue weighted by Crippen LogP contribution is 2.26. The third-order valence-corrected chi connectivity index (χ3v) is 3.64. The number of benzene rings is 1. The van der Waals surface area contributed by atoms with Crippen LogP contribution in [0, 0.1) is 12.3 Å². The van der Waals surface area contributed by atoms with E-state index in [1.54, 1.807) is 0 Å². The molecule has 1 aromatic carbocycles. The Morgan fingerprint density at radius 3 is 2.95 bits per heavy atom. The highest BCUT2D eigenvalue weighted by atomic mass is 15.1. The van der Waals surface area contributed by atoms with Crippen LogP contribution in [0.5, 0.6) is 0 Å². The van der Waals surface area contributed by atoms with Crippen molar-refractivity contribution in [3.05, 3.63) is 36.0 Å². The van der Waals surface area contributed by atoms with Gasteiger partial charge in [-0.25, -0.2) is 0 Å². The minimum atomic E-state index is 0.601. The fourth-order valence-electron chi connectivity index (χ4n) is 2.38. The maximum atomic E-state index is 5.44. The van der Waals surface area contributed by atoms with Gasteiger partial charge in [0.05, 0.1) is 17.8 Å². The summed E-state index contributed by atoms with van der Waals surface area (Å²) >= 11 is 0. The maximum Gasteiger partial charge on any atom is 0.0788 e. The monoisotopic (exact) mass is 265 g/mol. The molecule has 20 heavy (non-hydrogen) atoms. The van der Waals surface area contributed by atoms with E-state index in [9.17, 15) is 0 Å². The van der Waals surface area contributed by atoms with Gasteiger partial charge in [0.15, 0.2) is 0 Å². The van der Waals surface area contributed by atoms with Crippen LogP contribution in [0.1, 0.15) is 18.5 Å². The molecule has 102 valence electrons. The molecule has 1 heterocycles. The van der Waals surface area contributed by atoms with Gasteiger partial charge >= 0.3 is 0 Å². The topological polar surface area (TPSA) is 28.2 Å². The SMILES string of the molecule is C#CCN(C)c1cc(CNC2CC2)nc2ccccc12. The number of fused-ring (bicyclic) bond motifs is 1. The zero-order chi connectivity index (χ0) is 13.9. The van der Waals surface area contributed by atoms with Crippen molar-refractivity contribution in [2.24, 2.45) is 0 Å². The van der Waals surface area contributed by atoms with Gasteiger partial charge < -0.3 is 10.2 Å². The number of aromatic nitrogens is 1. The number of rotatable bonds is 5.